The van der Waals surface area contributed by atoms with E-state index in [4.69, 9.17) is 4.74 Å². The van der Waals surface area contributed by atoms with Gasteiger partial charge in [0.05, 0.1) is 29.4 Å². The number of halogens is 1. The number of hydrogen-bond acceptors (Lipinski definition) is 7. The lowest BCUT2D eigenvalue weighted by Gasteiger charge is -2.26. The highest BCUT2D eigenvalue weighted by molar-refractivity contribution is 7.99. The van der Waals surface area contributed by atoms with E-state index in [0.717, 1.165) is 11.8 Å². The molecule has 1 amide bonds. The number of carbonyl (C=O) groups excluding carboxylic acids is 1. The molecule has 3 aromatic rings. The third-order valence-corrected chi connectivity index (χ3v) is 7.92. The number of ether oxygens (including phenoxy) is 1. The number of morpholine rings is 1. The first-order valence-electron chi connectivity index (χ1n) is 10.1. The Morgan fingerprint density at radius 3 is 2.67 bits per heavy atom. The molecule has 1 fully saturated rings. The van der Waals surface area contributed by atoms with E-state index >= 15 is 0 Å². The van der Waals surface area contributed by atoms with Crippen LogP contribution in [0.5, 0.6) is 0 Å². The Hall–Kier alpha value is -2.80. The van der Waals surface area contributed by atoms with Crippen LogP contribution in [0.4, 0.5) is 10.1 Å². The molecule has 2 aromatic carbocycles. The van der Waals surface area contributed by atoms with Crippen molar-refractivity contribution in [3.63, 3.8) is 0 Å². The molecular formula is C21H22FN5O4S2. The van der Waals surface area contributed by atoms with Gasteiger partial charge in [-0.25, -0.2) is 12.8 Å². The maximum atomic E-state index is 14.1. The topological polar surface area (TPSA) is 106 Å². The van der Waals surface area contributed by atoms with Crippen LogP contribution in [0.3, 0.4) is 0 Å². The van der Waals surface area contributed by atoms with E-state index in [0.29, 0.717) is 48.5 Å². The van der Waals surface area contributed by atoms with Gasteiger partial charge in [-0.1, -0.05) is 30.0 Å². The Morgan fingerprint density at radius 1 is 1.15 bits per heavy atom. The van der Waals surface area contributed by atoms with E-state index in [-0.39, 0.29) is 16.6 Å². The standard InChI is InChI=1S/C21H22FN5O4S2/c1-26-20(17-7-2-3-8-18(17)22)24-25-21(26)32-14-19(28)23-15-5-4-6-16(13-15)33(29,30)27-9-11-31-12-10-27/h2-8,13H,9-12,14H2,1H3,(H,23,28). The van der Waals surface area contributed by atoms with Crippen molar-refractivity contribution in [3.05, 3.63) is 54.3 Å². The van der Waals surface area contributed by atoms with Crippen LogP contribution < -0.4 is 5.32 Å². The number of rotatable bonds is 7. The minimum absolute atomic E-state index is 0.0175. The number of hydrogen-bond donors (Lipinski definition) is 1. The lowest BCUT2D eigenvalue weighted by atomic mass is 10.2. The average molecular weight is 492 g/mol. The second-order valence-corrected chi connectivity index (χ2v) is 10.1. The molecule has 0 spiro atoms. The summed E-state index contributed by atoms with van der Waals surface area (Å²) >= 11 is 1.14. The summed E-state index contributed by atoms with van der Waals surface area (Å²) in [6.07, 6.45) is 0. The quantitative estimate of drug-likeness (QED) is 0.506. The molecule has 0 unspecified atom stereocenters. The average Bonchev–Trinajstić information content (AvgIpc) is 3.19. The van der Waals surface area contributed by atoms with Crippen LogP contribution in [0.25, 0.3) is 11.4 Å². The van der Waals surface area contributed by atoms with E-state index in [1.807, 2.05) is 0 Å². The van der Waals surface area contributed by atoms with Gasteiger partial charge in [-0.3, -0.25) is 4.79 Å². The second-order valence-electron chi connectivity index (χ2n) is 7.23. The van der Waals surface area contributed by atoms with Gasteiger partial charge in [0, 0.05) is 25.8 Å². The van der Waals surface area contributed by atoms with Crippen molar-refractivity contribution in [1.29, 1.82) is 0 Å². The monoisotopic (exact) mass is 491 g/mol. The molecule has 0 saturated carbocycles. The predicted molar refractivity (Wildman–Crippen MR) is 122 cm³/mol. The van der Waals surface area contributed by atoms with Gasteiger partial charge in [-0.2, -0.15) is 4.31 Å². The van der Waals surface area contributed by atoms with Crippen molar-refractivity contribution in [2.45, 2.75) is 10.1 Å². The Morgan fingerprint density at radius 2 is 1.91 bits per heavy atom. The molecule has 0 atom stereocenters. The number of benzene rings is 2. The summed E-state index contributed by atoms with van der Waals surface area (Å²) in [5, 5.41) is 11.2. The summed E-state index contributed by atoms with van der Waals surface area (Å²) in [6, 6.07) is 12.4. The lowest BCUT2D eigenvalue weighted by molar-refractivity contribution is -0.113. The normalized spacial score (nSPS) is 14.8. The van der Waals surface area contributed by atoms with Crippen molar-refractivity contribution in [2.24, 2.45) is 7.05 Å². The number of carbonyl (C=O) groups is 1. The molecule has 9 nitrogen and oxygen atoms in total. The van der Waals surface area contributed by atoms with Crippen molar-refractivity contribution in [1.82, 2.24) is 19.1 Å². The second kappa shape index (κ2) is 10.00. The van der Waals surface area contributed by atoms with Gasteiger partial charge < -0.3 is 14.6 Å². The molecule has 33 heavy (non-hydrogen) atoms. The molecule has 1 aromatic heterocycles. The van der Waals surface area contributed by atoms with Gasteiger partial charge in [0.1, 0.15) is 5.82 Å². The minimum atomic E-state index is -3.66. The molecule has 2 heterocycles. The number of amides is 1. The Bertz CT molecular complexity index is 1260. The Balaban J connectivity index is 1.40. The van der Waals surface area contributed by atoms with Gasteiger partial charge in [-0.05, 0) is 30.3 Å². The van der Waals surface area contributed by atoms with Crippen LogP contribution in [-0.2, 0) is 26.6 Å². The van der Waals surface area contributed by atoms with Gasteiger partial charge in [0.2, 0.25) is 15.9 Å². The molecule has 1 N–H and O–H groups in total. The first kappa shape index (κ1) is 23.4. The zero-order valence-corrected chi connectivity index (χ0v) is 19.4. The maximum Gasteiger partial charge on any atom is 0.243 e. The number of nitrogens with one attached hydrogen (secondary N) is 1. The van der Waals surface area contributed by atoms with Crippen molar-refractivity contribution in [2.75, 3.05) is 37.4 Å². The summed E-state index contributed by atoms with van der Waals surface area (Å²) in [5.41, 5.74) is 0.696. The first-order chi connectivity index (χ1) is 15.9. The van der Waals surface area contributed by atoms with Crippen LogP contribution in [0.1, 0.15) is 0 Å². The number of anilines is 1. The highest BCUT2D eigenvalue weighted by atomic mass is 32.2. The van der Waals surface area contributed by atoms with Crippen LogP contribution in [-0.4, -0.2) is 65.5 Å². The number of nitrogens with zero attached hydrogens (tertiary/aromatic N) is 4. The van der Waals surface area contributed by atoms with Crippen LogP contribution >= 0.6 is 11.8 Å². The Kier molecular flexibility index (Phi) is 7.08. The zero-order valence-electron chi connectivity index (χ0n) is 17.8. The summed E-state index contributed by atoms with van der Waals surface area (Å²) in [6.45, 7) is 1.30. The molecular weight excluding hydrogens is 469 g/mol. The molecule has 1 aliphatic heterocycles. The first-order valence-corrected chi connectivity index (χ1v) is 12.5. The molecule has 174 valence electrons. The summed E-state index contributed by atoms with van der Waals surface area (Å²) in [4.78, 5) is 12.6. The van der Waals surface area contributed by atoms with E-state index in [1.54, 1.807) is 41.9 Å². The van der Waals surface area contributed by atoms with Crippen molar-refractivity contribution in [3.8, 4) is 11.4 Å². The smallest absolute Gasteiger partial charge is 0.243 e. The number of thioether (sulfide) groups is 1. The summed E-state index contributed by atoms with van der Waals surface area (Å²) in [7, 11) is -1.97. The van der Waals surface area contributed by atoms with Crippen molar-refractivity contribution < 1.29 is 22.3 Å². The number of aromatic nitrogens is 3. The number of sulfonamides is 1. The fraction of sp³-hybridized carbons (Fsp3) is 0.286. The van der Waals surface area contributed by atoms with Crippen LogP contribution in [0, 0.1) is 5.82 Å². The van der Waals surface area contributed by atoms with E-state index in [2.05, 4.69) is 15.5 Å². The van der Waals surface area contributed by atoms with E-state index in [9.17, 15) is 17.6 Å². The molecule has 4 rings (SSSR count). The SMILES string of the molecule is Cn1c(SCC(=O)Nc2cccc(S(=O)(=O)N3CCOCC3)c2)nnc1-c1ccccc1F. The third-order valence-electron chi connectivity index (χ3n) is 5.01. The molecule has 1 saturated heterocycles. The lowest BCUT2D eigenvalue weighted by Crippen LogP contribution is -2.40. The molecule has 1 aliphatic rings. The largest absolute Gasteiger partial charge is 0.379 e. The summed E-state index contributed by atoms with van der Waals surface area (Å²) < 4.78 is 47.9. The molecule has 0 bridgehead atoms. The van der Waals surface area contributed by atoms with Crippen LogP contribution in [0.2, 0.25) is 0 Å². The predicted octanol–water partition coefficient (Wildman–Crippen LogP) is 2.37. The zero-order chi connectivity index (χ0) is 23.4. The van der Waals surface area contributed by atoms with E-state index in [1.165, 1.54) is 22.5 Å². The van der Waals surface area contributed by atoms with E-state index < -0.39 is 15.8 Å². The fourth-order valence-electron chi connectivity index (χ4n) is 3.32. The summed E-state index contributed by atoms with van der Waals surface area (Å²) in [5.74, 6) is -0.369. The van der Waals surface area contributed by atoms with Gasteiger partial charge in [0.25, 0.3) is 0 Å². The third kappa shape index (κ3) is 5.24. The van der Waals surface area contributed by atoms with Crippen molar-refractivity contribution >= 4 is 33.4 Å². The highest BCUT2D eigenvalue weighted by Gasteiger charge is 2.26. The molecule has 0 radical (unpaired) electrons. The molecule has 12 heteroatoms. The van der Waals surface area contributed by atoms with Gasteiger partial charge >= 0.3 is 0 Å². The fourth-order valence-corrected chi connectivity index (χ4v) is 5.48. The maximum absolute atomic E-state index is 14.1. The van der Waals surface area contributed by atoms with Crippen LogP contribution in [0.15, 0.2) is 58.6 Å². The highest BCUT2D eigenvalue weighted by Crippen LogP contribution is 2.25. The minimum Gasteiger partial charge on any atom is -0.379 e. The van der Waals surface area contributed by atoms with Gasteiger partial charge in [-0.15, -0.1) is 10.2 Å². The Labute approximate surface area is 195 Å². The van der Waals surface area contributed by atoms with Gasteiger partial charge in [0.15, 0.2) is 11.0 Å². The molecule has 0 aliphatic carbocycles.